The third-order valence-electron chi connectivity index (χ3n) is 5.84. The SMILES string of the molecule is C[C@@H]1C[C@H](C)CN(C(=O)CN(CC2CCCCC2)C2CC2)C1. The van der Waals surface area contributed by atoms with Crippen LogP contribution >= 0.6 is 0 Å². The van der Waals surface area contributed by atoms with E-state index in [0.717, 1.165) is 19.0 Å². The summed E-state index contributed by atoms with van der Waals surface area (Å²) in [5, 5.41) is 0. The molecule has 0 aromatic carbocycles. The molecular weight excluding hydrogens is 272 g/mol. The molecule has 1 saturated heterocycles. The van der Waals surface area contributed by atoms with Gasteiger partial charge in [-0.3, -0.25) is 9.69 Å². The standard InChI is InChI=1S/C19H34N2O/c1-15-10-16(2)12-21(11-15)19(22)14-20(18-8-9-18)13-17-6-4-3-5-7-17/h15-18H,3-14H2,1-2H3/t15-,16+. The molecule has 2 aliphatic carbocycles. The van der Waals surface area contributed by atoms with Gasteiger partial charge in [0.1, 0.15) is 0 Å². The van der Waals surface area contributed by atoms with Crippen LogP contribution in [0.5, 0.6) is 0 Å². The van der Waals surface area contributed by atoms with Gasteiger partial charge >= 0.3 is 0 Å². The van der Waals surface area contributed by atoms with Gasteiger partial charge in [-0.2, -0.15) is 0 Å². The maximum Gasteiger partial charge on any atom is 0.236 e. The fourth-order valence-corrected chi connectivity index (χ4v) is 4.62. The van der Waals surface area contributed by atoms with E-state index in [1.165, 1.54) is 57.9 Å². The topological polar surface area (TPSA) is 23.6 Å². The molecular formula is C19H34N2O. The largest absolute Gasteiger partial charge is 0.341 e. The second-order valence-corrected chi connectivity index (χ2v) is 8.41. The van der Waals surface area contributed by atoms with Crippen molar-refractivity contribution in [2.45, 2.75) is 71.3 Å². The van der Waals surface area contributed by atoms with Crippen molar-refractivity contribution in [2.24, 2.45) is 17.8 Å². The van der Waals surface area contributed by atoms with E-state index in [2.05, 4.69) is 23.6 Å². The predicted octanol–water partition coefficient (Wildman–Crippen LogP) is 3.54. The molecule has 3 nitrogen and oxygen atoms in total. The van der Waals surface area contributed by atoms with Crippen LogP contribution in [0.1, 0.15) is 65.2 Å². The van der Waals surface area contributed by atoms with E-state index in [4.69, 9.17) is 0 Å². The molecule has 2 atom stereocenters. The molecule has 0 radical (unpaired) electrons. The van der Waals surface area contributed by atoms with Crippen molar-refractivity contribution < 1.29 is 4.79 Å². The predicted molar refractivity (Wildman–Crippen MR) is 90.7 cm³/mol. The highest BCUT2D eigenvalue weighted by Crippen LogP contribution is 2.31. The molecule has 1 aliphatic heterocycles. The Hall–Kier alpha value is -0.570. The van der Waals surface area contributed by atoms with Gasteiger partial charge in [0.15, 0.2) is 0 Å². The minimum atomic E-state index is 0.390. The molecule has 2 saturated carbocycles. The van der Waals surface area contributed by atoms with Crippen LogP contribution < -0.4 is 0 Å². The quantitative estimate of drug-likeness (QED) is 0.775. The van der Waals surface area contributed by atoms with Gasteiger partial charge in [0, 0.05) is 25.7 Å². The minimum Gasteiger partial charge on any atom is -0.341 e. The Morgan fingerprint density at radius 3 is 2.23 bits per heavy atom. The third-order valence-corrected chi connectivity index (χ3v) is 5.84. The molecule has 0 N–H and O–H groups in total. The van der Waals surface area contributed by atoms with Crippen molar-refractivity contribution in [3.05, 3.63) is 0 Å². The van der Waals surface area contributed by atoms with Gasteiger partial charge < -0.3 is 4.90 Å². The van der Waals surface area contributed by atoms with Crippen LogP contribution in [0.25, 0.3) is 0 Å². The first-order chi connectivity index (χ1) is 10.6. The third kappa shape index (κ3) is 4.47. The number of amides is 1. The molecule has 126 valence electrons. The zero-order valence-electron chi connectivity index (χ0n) is 14.6. The first kappa shape index (κ1) is 16.3. The summed E-state index contributed by atoms with van der Waals surface area (Å²) in [5.41, 5.74) is 0. The van der Waals surface area contributed by atoms with Crippen molar-refractivity contribution in [1.82, 2.24) is 9.80 Å². The summed E-state index contributed by atoms with van der Waals surface area (Å²) in [6.45, 7) is 8.39. The van der Waals surface area contributed by atoms with Crippen LogP contribution in [0.3, 0.4) is 0 Å². The summed E-state index contributed by atoms with van der Waals surface area (Å²) in [6, 6.07) is 0.713. The van der Waals surface area contributed by atoms with Crippen molar-refractivity contribution >= 4 is 5.91 Å². The molecule has 22 heavy (non-hydrogen) atoms. The lowest BCUT2D eigenvalue weighted by molar-refractivity contribution is -0.135. The Balaban J connectivity index is 1.52. The van der Waals surface area contributed by atoms with Crippen LogP contribution in [-0.2, 0) is 4.79 Å². The van der Waals surface area contributed by atoms with Crippen LogP contribution in [0, 0.1) is 17.8 Å². The molecule has 3 heteroatoms. The monoisotopic (exact) mass is 306 g/mol. The number of rotatable bonds is 5. The molecule has 3 aliphatic rings. The van der Waals surface area contributed by atoms with Gasteiger partial charge in [-0.1, -0.05) is 33.1 Å². The van der Waals surface area contributed by atoms with E-state index in [9.17, 15) is 4.79 Å². The van der Waals surface area contributed by atoms with Crippen molar-refractivity contribution in [1.29, 1.82) is 0 Å². The van der Waals surface area contributed by atoms with Gasteiger partial charge in [0.25, 0.3) is 0 Å². The van der Waals surface area contributed by atoms with Gasteiger partial charge in [-0.15, -0.1) is 0 Å². The van der Waals surface area contributed by atoms with Gasteiger partial charge in [0.05, 0.1) is 6.54 Å². The summed E-state index contributed by atoms with van der Waals surface area (Å²) in [5.74, 6) is 2.57. The molecule has 0 aromatic heterocycles. The van der Waals surface area contributed by atoms with E-state index in [-0.39, 0.29) is 0 Å². The Morgan fingerprint density at radius 1 is 1.00 bits per heavy atom. The first-order valence-electron chi connectivity index (χ1n) is 9.63. The highest BCUT2D eigenvalue weighted by atomic mass is 16.2. The highest BCUT2D eigenvalue weighted by Gasteiger charge is 2.34. The van der Waals surface area contributed by atoms with Gasteiger partial charge in [-0.05, 0) is 49.9 Å². The maximum absolute atomic E-state index is 12.8. The van der Waals surface area contributed by atoms with E-state index in [0.29, 0.717) is 30.3 Å². The molecule has 0 bridgehead atoms. The van der Waals surface area contributed by atoms with Gasteiger partial charge in [-0.25, -0.2) is 0 Å². The molecule has 3 rings (SSSR count). The first-order valence-corrected chi connectivity index (χ1v) is 9.63. The van der Waals surface area contributed by atoms with Crippen LogP contribution in [-0.4, -0.2) is 47.9 Å². The van der Waals surface area contributed by atoms with Crippen LogP contribution in [0.2, 0.25) is 0 Å². The van der Waals surface area contributed by atoms with E-state index < -0.39 is 0 Å². The number of carbonyl (C=O) groups excluding carboxylic acids is 1. The van der Waals surface area contributed by atoms with Gasteiger partial charge in [0.2, 0.25) is 5.91 Å². The molecule has 1 amide bonds. The second-order valence-electron chi connectivity index (χ2n) is 8.41. The van der Waals surface area contributed by atoms with E-state index in [1.807, 2.05) is 0 Å². The number of likely N-dealkylation sites (tertiary alicyclic amines) is 1. The van der Waals surface area contributed by atoms with Crippen molar-refractivity contribution in [3.63, 3.8) is 0 Å². The smallest absolute Gasteiger partial charge is 0.236 e. The van der Waals surface area contributed by atoms with E-state index in [1.54, 1.807) is 0 Å². The zero-order valence-corrected chi connectivity index (χ0v) is 14.6. The maximum atomic E-state index is 12.8. The summed E-state index contributed by atoms with van der Waals surface area (Å²) in [7, 11) is 0. The fourth-order valence-electron chi connectivity index (χ4n) is 4.62. The number of carbonyl (C=O) groups is 1. The number of piperidine rings is 1. The number of hydrogen-bond donors (Lipinski definition) is 0. The van der Waals surface area contributed by atoms with Crippen LogP contribution in [0.4, 0.5) is 0 Å². The summed E-state index contributed by atoms with van der Waals surface area (Å²) in [4.78, 5) is 17.4. The van der Waals surface area contributed by atoms with Crippen molar-refractivity contribution in [3.8, 4) is 0 Å². The Labute approximate surface area is 136 Å². The Kier molecular flexibility index (Phi) is 5.43. The number of hydrogen-bond acceptors (Lipinski definition) is 2. The molecule has 0 aromatic rings. The Morgan fingerprint density at radius 2 is 1.64 bits per heavy atom. The molecule has 0 spiro atoms. The average molecular weight is 306 g/mol. The molecule has 1 heterocycles. The molecule has 0 unspecified atom stereocenters. The molecule has 3 fully saturated rings. The highest BCUT2D eigenvalue weighted by molar-refractivity contribution is 5.78. The normalized spacial score (nSPS) is 30.8. The summed E-state index contributed by atoms with van der Waals surface area (Å²) >= 11 is 0. The lowest BCUT2D eigenvalue weighted by Gasteiger charge is -2.37. The average Bonchev–Trinajstić information content (AvgIpc) is 3.31. The van der Waals surface area contributed by atoms with Crippen LogP contribution in [0.15, 0.2) is 0 Å². The van der Waals surface area contributed by atoms with Crippen molar-refractivity contribution in [2.75, 3.05) is 26.2 Å². The summed E-state index contributed by atoms with van der Waals surface area (Å²) in [6.07, 6.45) is 10.9. The Bertz CT molecular complexity index is 364. The number of nitrogens with zero attached hydrogens (tertiary/aromatic N) is 2. The summed E-state index contributed by atoms with van der Waals surface area (Å²) < 4.78 is 0. The lowest BCUT2D eigenvalue weighted by Crippen LogP contribution is -2.48. The zero-order chi connectivity index (χ0) is 15.5. The lowest BCUT2D eigenvalue weighted by atomic mass is 9.89. The van der Waals surface area contributed by atoms with E-state index >= 15 is 0 Å². The fraction of sp³-hybridized carbons (Fsp3) is 0.947. The second kappa shape index (κ2) is 7.33. The minimum absolute atomic E-state index is 0.390.